The second-order valence-corrected chi connectivity index (χ2v) is 5.32. The van der Waals surface area contributed by atoms with Crippen molar-refractivity contribution in [2.75, 3.05) is 6.54 Å². The Balaban J connectivity index is 2.07. The van der Waals surface area contributed by atoms with E-state index in [9.17, 15) is 0 Å². The normalized spacial score (nSPS) is 19.8. The summed E-state index contributed by atoms with van der Waals surface area (Å²) < 4.78 is 1.94. The summed E-state index contributed by atoms with van der Waals surface area (Å²) in [6.07, 6.45) is 2.82. The van der Waals surface area contributed by atoms with Gasteiger partial charge < -0.3 is 9.88 Å². The van der Waals surface area contributed by atoms with E-state index in [1.54, 1.807) is 6.20 Å². The van der Waals surface area contributed by atoms with Crippen molar-refractivity contribution in [3.63, 3.8) is 0 Å². The summed E-state index contributed by atoms with van der Waals surface area (Å²) in [6.45, 7) is 1.00. The van der Waals surface area contributed by atoms with Crippen LogP contribution in [0.5, 0.6) is 0 Å². The second kappa shape index (κ2) is 3.87. The zero-order valence-electron chi connectivity index (χ0n) is 8.90. The molecular weight excluding hydrogens is 242 g/mol. The molecule has 84 valence electrons. The van der Waals surface area contributed by atoms with Gasteiger partial charge in [0.2, 0.25) is 0 Å². The molecule has 3 nitrogen and oxygen atoms in total. The first-order chi connectivity index (χ1) is 7.77. The molecule has 1 unspecified atom stereocenters. The van der Waals surface area contributed by atoms with Gasteiger partial charge in [0.25, 0.3) is 0 Å². The Hall–Kier alpha value is -0.840. The predicted octanol–water partition coefficient (Wildman–Crippen LogP) is 2.37. The van der Waals surface area contributed by atoms with E-state index in [2.05, 4.69) is 21.7 Å². The molecule has 5 heteroatoms. The highest BCUT2D eigenvalue weighted by Gasteiger charge is 2.25. The van der Waals surface area contributed by atoms with E-state index >= 15 is 0 Å². The Morgan fingerprint density at radius 1 is 1.62 bits per heavy atom. The van der Waals surface area contributed by atoms with Gasteiger partial charge in [0.05, 0.1) is 12.2 Å². The minimum Gasteiger partial charge on any atom is -0.321 e. The lowest BCUT2D eigenvalue weighted by Crippen LogP contribution is -2.31. The van der Waals surface area contributed by atoms with Crippen LogP contribution in [0.4, 0.5) is 0 Å². The maximum atomic E-state index is 6.02. The van der Waals surface area contributed by atoms with Crippen molar-refractivity contribution in [3.8, 4) is 0 Å². The third kappa shape index (κ3) is 1.49. The van der Waals surface area contributed by atoms with E-state index in [4.69, 9.17) is 11.6 Å². The SMILES string of the molecule is Cn1c(Cl)cnc1C1NCCc2sccc21. The summed E-state index contributed by atoms with van der Waals surface area (Å²) in [6, 6.07) is 2.37. The lowest BCUT2D eigenvalue weighted by atomic mass is 10.0. The molecule has 0 saturated carbocycles. The van der Waals surface area contributed by atoms with Crippen LogP contribution in [-0.4, -0.2) is 16.1 Å². The van der Waals surface area contributed by atoms with E-state index < -0.39 is 0 Å². The number of thiophene rings is 1. The molecule has 0 spiro atoms. The van der Waals surface area contributed by atoms with Crippen molar-refractivity contribution in [1.29, 1.82) is 0 Å². The van der Waals surface area contributed by atoms with Gasteiger partial charge in [0, 0.05) is 18.5 Å². The molecule has 2 aromatic rings. The number of hydrogen-bond acceptors (Lipinski definition) is 3. The van der Waals surface area contributed by atoms with Crippen LogP contribution in [0, 0.1) is 0 Å². The van der Waals surface area contributed by atoms with E-state index in [0.29, 0.717) is 5.15 Å². The molecule has 1 aliphatic rings. The fourth-order valence-corrected chi connectivity index (χ4v) is 3.21. The van der Waals surface area contributed by atoms with Gasteiger partial charge in [-0.25, -0.2) is 4.98 Å². The first kappa shape index (κ1) is 10.3. The van der Waals surface area contributed by atoms with E-state index in [1.165, 1.54) is 10.4 Å². The Kier molecular flexibility index (Phi) is 2.50. The number of nitrogens with zero attached hydrogens (tertiary/aromatic N) is 2. The molecule has 16 heavy (non-hydrogen) atoms. The van der Waals surface area contributed by atoms with Gasteiger partial charge in [-0.1, -0.05) is 11.6 Å². The highest BCUT2D eigenvalue weighted by atomic mass is 35.5. The lowest BCUT2D eigenvalue weighted by molar-refractivity contribution is 0.535. The molecule has 0 aliphatic carbocycles. The summed E-state index contributed by atoms with van der Waals surface area (Å²) >= 11 is 7.85. The molecule has 0 radical (unpaired) electrons. The number of imidazole rings is 1. The summed E-state index contributed by atoms with van der Waals surface area (Å²) in [5, 5.41) is 6.32. The first-order valence-corrected chi connectivity index (χ1v) is 6.50. The molecule has 2 aromatic heterocycles. The maximum Gasteiger partial charge on any atom is 0.131 e. The average Bonchev–Trinajstić information content (AvgIpc) is 2.87. The molecule has 3 rings (SSSR count). The van der Waals surface area contributed by atoms with Crippen LogP contribution in [-0.2, 0) is 13.5 Å². The van der Waals surface area contributed by atoms with Gasteiger partial charge in [-0.2, -0.15) is 0 Å². The minimum absolute atomic E-state index is 0.187. The number of fused-ring (bicyclic) bond motifs is 1. The van der Waals surface area contributed by atoms with Gasteiger partial charge in [-0.15, -0.1) is 11.3 Å². The van der Waals surface area contributed by atoms with Gasteiger partial charge in [-0.05, 0) is 23.4 Å². The maximum absolute atomic E-state index is 6.02. The van der Waals surface area contributed by atoms with Gasteiger partial charge in [-0.3, -0.25) is 0 Å². The Labute approximate surface area is 103 Å². The second-order valence-electron chi connectivity index (χ2n) is 3.93. The molecule has 0 amide bonds. The lowest BCUT2D eigenvalue weighted by Gasteiger charge is -2.23. The minimum atomic E-state index is 0.187. The molecule has 0 fully saturated rings. The highest BCUT2D eigenvalue weighted by molar-refractivity contribution is 7.10. The quantitative estimate of drug-likeness (QED) is 0.846. The fraction of sp³-hybridized carbons (Fsp3) is 0.364. The van der Waals surface area contributed by atoms with Gasteiger partial charge >= 0.3 is 0 Å². The van der Waals surface area contributed by atoms with Crippen molar-refractivity contribution in [1.82, 2.24) is 14.9 Å². The van der Waals surface area contributed by atoms with E-state index in [-0.39, 0.29) is 6.04 Å². The zero-order chi connectivity index (χ0) is 11.1. The van der Waals surface area contributed by atoms with Crippen molar-refractivity contribution in [2.45, 2.75) is 12.5 Å². The largest absolute Gasteiger partial charge is 0.321 e. The third-order valence-corrected chi connectivity index (χ3v) is 4.36. The molecule has 0 bridgehead atoms. The van der Waals surface area contributed by atoms with E-state index in [1.807, 2.05) is 23.0 Å². The molecular formula is C11H12ClN3S. The Morgan fingerprint density at radius 2 is 2.50 bits per heavy atom. The average molecular weight is 254 g/mol. The number of hydrogen-bond donors (Lipinski definition) is 1. The van der Waals surface area contributed by atoms with Gasteiger partial charge in [0.1, 0.15) is 11.0 Å². The topological polar surface area (TPSA) is 29.9 Å². The van der Waals surface area contributed by atoms with Crippen LogP contribution in [0.15, 0.2) is 17.6 Å². The van der Waals surface area contributed by atoms with Crippen molar-refractivity contribution >= 4 is 22.9 Å². The van der Waals surface area contributed by atoms with Crippen LogP contribution in [0.2, 0.25) is 5.15 Å². The molecule has 1 aliphatic heterocycles. The van der Waals surface area contributed by atoms with Crippen LogP contribution in [0.1, 0.15) is 22.3 Å². The van der Waals surface area contributed by atoms with Crippen molar-refractivity contribution < 1.29 is 0 Å². The van der Waals surface area contributed by atoms with Gasteiger partial charge in [0.15, 0.2) is 0 Å². The molecule has 0 saturated heterocycles. The standard InChI is InChI=1S/C11H12ClN3S/c1-15-9(12)6-14-11(15)10-7-3-5-16-8(7)2-4-13-10/h3,5-6,10,13H,2,4H2,1H3. The number of nitrogens with one attached hydrogen (secondary N) is 1. The summed E-state index contributed by atoms with van der Waals surface area (Å²) in [7, 11) is 1.95. The van der Waals surface area contributed by atoms with Crippen LogP contribution in [0.3, 0.4) is 0 Å². The number of rotatable bonds is 1. The Morgan fingerprint density at radius 3 is 3.25 bits per heavy atom. The third-order valence-electron chi connectivity index (χ3n) is 3.02. The fourth-order valence-electron chi connectivity index (χ4n) is 2.15. The van der Waals surface area contributed by atoms with Crippen LogP contribution in [0.25, 0.3) is 0 Å². The van der Waals surface area contributed by atoms with Crippen LogP contribution >= 0.6 is 22.9 Å². The summed E-state index contributed by atoms with van der Waals surface area (Å²) in [5.41, 5.74) is 1.35. The smallest absolute Gasteiger partial charge is 0.131 e. The van der Waals surface area contributed by atoms with Crippen LogP contribution < -0.4 is 5.32 Å². The zero-order valence-corrected chi connectivity index (χ0v) is 10.5. The molecule has 0 aromatic carbocycles. The summed E-state index contributed by atoms with van der Waals surface area (Å²) in [4.78, 5) is 5.85. The van der Waals surface area contributed by atoms with E-state index in [0.717, 1.165) is 18.8 Å². The Bertz CT molecular complexity index is 517. The van der Waals surface area contributed by atoms with Crippen molar-refractivity contribution in [2.24, 2.45) is 7.05 Å². The number of aromatic nitrogens is 2. The monoisotopic (exact) mass is 253 g/mol. The molecule has 3 heterocycles. The molecule has 1 atom stereocenters. The number of halogens is 1. The summed E-state index contributed by atoms with van der Waals surface area (Å²) in [5.74, 6) is 0.990. The first-order valence-electron chi connectivity index (χ1n) is 5.24. The predicted molar refractivity (Wildman–Crippen MR) is 66.1 cm³/mol. The molecule has 1 N–H and O–H groups in total. The van der Waals surface area contributed by atoms with Crippen molar-refractivity contribution in [3.05, 3.63) is 39.1 Å². The highest BCUT2D eigenvalue weighted by Crippen LogP contribution is 2.31.